The molecule has 0 amide bonds. The molecule has 0 spiro atoms. The van der Waals surface area contributed by atoms with E-state index in [-0.39, 0.29) is 0 Å². The van der Waals surface area contributed by atoms with Gasteiger partial charge in [0.2, 0.25) is 0 Å². The van der Waals surface area contributed by atoms with E-state index in [9.17, 15) is 0 Å². The molecule has 3 heteroatoms. The SMILES string of the molecule is CC1(C)CCC(Nc2ncccc2Br)CC1. The second kappa shape index (κ2) is 4.74. The molecule has 0 unspecified atom stereocenters. The van der Waals surface area contributed by atoms with Gasteiger partial charge in [-0.15, -0.1) is 0 Å². The van der Waals surface area contributed by atoms with E-state index in [4.69, 9.17) is 0 Å². The van der Waals surface area contributed by atoms with Crippen molar-refractivity contribution in [2.75, 3.05) is 5.32 Å². The fourth-order valence-electron chi connectivity index (χ4n) is 2.23. The molecule has 0 atom stereocenters. The molecule has 2 nitrogen and oxygen atoms in total. The maximum atomic E-state index is 4.35. The summed E-state index contributed by atoms with van der Waals surface area (Å²) in [5, 5.41) is 3.53. The van der Waals surface area contributed by atoms with Crippen LogP contribution in [0.3, 0.4) is 0 Å². The Balaban J connectivity index is 1.95. The van der Waals surface area contributed by atoms with Crippen molar-refractivity contribution in [1.82, 2.24) is 4.98 Å². The maximum absolute atomic E-state index is 4.35. The predicted molar refractivity (Wildman–Crippen MR) is 71.6 cm³/mol. The molecule has 1 fully saturated rings. The Hall–Kier alpha value is -0.570. The fraction of sp³-hybridized carbons (Fsp3) is 0.615. The predicted octanol–water partition coefficient (Wildman–Crippen LogP) is 4.22. The molecule has 0 bridgehead atoms. The summed E-state index contributed by atoms with van der Waals surface area (Å²) in [7, 11) is 0. The number of rotatable bonds is 2. The second-order valence-electron chi connectivity index (χ2n) is 5.42. The first-order chi connectivity index (χ1) is 7.57. The summed E-state index contributed by atoms with van der Waals surface area (Å²) >= 11 is 3.52. The first kappa shape index (κ1) is 11.9. The van der Waals surface area contributed by atoms with Crippen LogP contribution < -0.4 is 5.32 Å². The molecule has 0 radical (unpaired) electrons. The van der Waals surface area contributed by atoms with Gasteiger partial charge < -0.3 is 5.32 Å². The number of pyridine rings is 1. The van der Waals surface area contributed by atoms with Gasteiger partial charge in [0.05, 0.1) is 4.47 Å². The Morgan fingerprint density at radius 2 is 2.06 bits per heavy atom. The van der Waals surface area contributed by atoms with Gasteiger partial charge in [-0.1, -0.05) is 13.8 Å². The Labute approximate surface area is 106 Å². The van der Waals surface area contributed by atoms with Crippen LogP contribution in [0.15, 0.2) is 22.8 Å². The highest BCUT2D eigenvalue weighted by atomic mass is 79.9. The lowest BCUT2D eigenvalue weighted by atomic mass is 9.75. The molecule has 0 aromatic carbocycles. The van der Waals surface area contributed by atoms with Crippen molar-refractivity contribution in [3.63, 3.8) is 0 Å². The molecule has 1 heterocycles. The second-order valence-corrected chi connectivity index (χ2v) is 6.27. The van der Waals surface area contributed by atoms with Crippen molar-refractivity contribution < 1.29 is 0 Å². The van der Waals surface area contributed by atoms with Crippen LogP contribution in [0.1, 0.15) is 39.5 Å². The van der Waals surface area contributed by atoms with Crippen molar-refractivity contribution in [2.45, 2.75) is 45.6 Å². The first-order valence-electron chi connectivity index (χ1n) is 5.94. The Morgan fingerprint density at radius 3 is 2.69 bits per heavy atom. The maximum Gasteiger partial charge on any atom is 0.140 e. The smallest absolute Gasteiger partial charge is 0.140 e. The summed E-state index contributed by atoms with van der Waals surface area (Å²) in [6, 6.07) is 4.56. The molecule has 88 valence electrons. The summed E-state index contributed by atoms with van der Waals surface area (Å²) in [4.78, 5) is 4.35. The highest BCUT2D eigenvalue weighted by Crippen LogP contribution is 2.36. The monoisotopic (exact) mass is 282 g/mol. The van der Waals surface area contributed by atoms with Crippen molar-refractivity contribution in [2.24, 2.45) is 5.41 Å². The van der Waals surface area contributed by atoms with Crippen LogP contribution in [0.25, 0.3) is 0 Å². The van der Waals surface area contributed by atoms with E-state index >= 15 is 0 Å². The van der Waals surface area contributed by atoms with E-state index in [2.05, 4.69) is 40.1 Å². The van der Waals surface area contributed by atoms with E-state index in [0.717, 1.165) is 10.3 Å². The molecule has 1 aromatic rings. The van der Waals surface area contributed by atoms with Crippen molar-refractivity contribution in [3.8, 4) is 0 Å². The molecule has 2 rings (SSSR count). The van der Waals surface area contributed by atoms with E-state index in [1.165, 1.54) is 25.7 Å². The zero-order chi connectivity index (χ0) is 11.6. The normalized spacial score (nSPS) is 20.7. The molecule has 1 saturated carbocycles. The van der Waals surface area contributed by atoms with Crippen LogP contribution in [0.4, 0.5) is 5.82 Å². The van der Waals surface area contributed by atoms with Crippen molar-refractivity contribution in [3.05, 3.63) is 22.8 Å². The van der Waals surface area contributed by atoms with Crippen LogP contribution in [-0.4, -0.2) is 11.0 Å². The zero-order valence-electron chi connectivity index (χ0n) is 9.96. The van der Waals surface area contributed by atoms with Gasteiger partial charge in [-0.2, -0.15) is 0 Å². The quantitative estimate of drug-likeness (QED) is 0.878. The van der Waals surface area contributed by atoms with Gasteiger partial charge >= 0.3 is 0 Å². The minimum absolute atomic E-state index is 0.527. The summed E-state index contributed by atoms with van der Waals surface area (Å²) in [6.45, 7) is 4.72. The number of halogens is 1. The third kappa shape index (κ3) is 2.97. The van der Waals surface area contributed by atoms with Crippen LogP contribution in [0.5, 0.6) is 0 Å². The van der Waals surface area contributed by atoms with E-state index in [1.54, 1.807) is 0 Å². The number of hydrogen-bond donors (Lipinski definition) is 1. The highest BCUT2D eigenvalue weighted by Gasteiger charge is 2.26. The fourth-order valence-corrected chi connectivity index (χ4v) is 2.60. The number of aromatic nitrogens is 1. The van der Waals surface area contributed by atoms with Crippen LogP contribution in [0.2, 0.25) is 0 Å². The highest BCUT2D eigenvalue weighted by molar-refractivity contribution is 9.10. The van der Waals surface area contributed by atoms with Crippen LogP contribution >= 0.6 is 15.9 Å². The average molecular weight is 283 g/mol. The summed E-state index contributed by atoms with van der Waals surface area (Å²) < 4.78 is 1.06. The third-order valence-corrected chi connectivity index (χ3v) is 4.08. The van der Waals surface area contributed by atoms with Gasteiger partial charge in [0, 0.05) is 12.2 Å². The average Bonchev–Trinajstić information content (AvgIpc) is 2.24. The minimum atomic E-state index is 0.527. The third-order valence-electron chi connectivity index (χ3n) is 3.44. The zero-order valence-corrected chi connectivity index (χ0v) is 11.5. The number of hydrogen-bond acceptors (Lipinski definition) is 2. The lowest BCUT2D eigenvalue weighted by Crippen LogP contribution is -2.30. The summed E-state index contributed by atoms with van der Waals surface area (Å²) in [5.74, 6) is 0.979. The van der Waals surface area contributed by atoms with E-state index < -0.39 is 0 Å². The Kier molecular flexibility index (Phi) is 3.53. The Bertz CT molecular complexity index is 353. The molecule has 0 aliphatic heterocycles. The standard InChI is InChI=1S/C13H19BrN2/c1-13(2)7-5-10(6-8-13)16-12-11(14)4-3-9-15-12/h3-4,9-10H,5-8H2,1-2H3,(H,15,16). The number of nitrogens with zero attached hydrogens (tertiary/aromatic N) is 1. The molecule has 1 aliphatic rings. The lowest BCUT2D eigenvalue weighted by Gasteiger charge is -2.34. The van der Waals surface area contributed by atoms with Gasteiger partial charge in [0.1, 0.15) is 5.82 Å². The van der Waals surface area contributed by atoms with Gasteiger partial charge in [0.15, 0.2) is 0 Å². The van der Waals surface area contributed by atoms with E-state index in [1.807, 2.05) is 18.3 Å². The van der Waals surface area contributed by atoms with Gasteiger partial charge in [-0.05, 0) is 59.2 Å². The minimum Gasteiger partial charge on any atom is -0.366 e. The molecule has 1 aromatic heterocycles. The van der Waals surface area contributed by atoms with Gasteiger partial charge in [-0.25, -0.2) is 4.98 Å². The number of anilines is 1. The van der Waals surface area contributed by atoms with Gasteiger partial charge in [-0.3, -0.25) is 0 Å². The topological polar surface area (TPSA) is 24.9 Å². The molecular weight excluding hydrogens is 264 g/mol. The van der Waals surface area contributed by atoms with E-state index in [0.29, 0.717) is 11.5 Å². The summed E-state index contributed by atoms with van der Waals surface area (Å²) in [5.41, 5.74) is 0.527. The van der Waals surface area contributed by atoms with Crippen LogP contribution in [0, 0.1) is 5.41 Å². The molecular formula is C13H19BrN2. The molecule has 16 heavy (non-hydrogen) atoms. The van der Waals surface area contributed by atoms with Crippen molar-refractivity contribution >= 4 is 21.7 Å². The molecule has 1 N–H and O–H groups in total. The summed E-state index contributed by atoms with van der Waals surface area (Å²) in [6.07, 6.45) is 6.93. The van der Waals surface area contributed by atoms with Gasteiger partial charge in [0.25, 0.3) is 0 Å². The number of nitrogens with one attached hydrogen (secondary N) is 1. The Morgan fingerprint density at radius 1 is 1.38 bits per heavy atom. The lowest BCUT2D eigenvalue weighted by molar-refractivity contribution is 0.232. The van der Waals surface area contributed by atoms with Crippen molar-refractivity contribution in [1.29, 1.82) is 0 Å². The molecule has 0 saturated heterocycles. The first-order valence-corrected chi connectivity index (χ1v) is 6.73. The molecule has 1 aliphatic carbocycles. The largest absolute Gasteiger partial charge is 0.366 e. The van der Waals surface area contributed by atoms with Crippen LogP contribution in [-0.2, 0) is 0 Å².